The Balaban J connectivity index is 1.65. The average molecular weight is 375 g/mol. The van der Waals surface area contributed by atoms with E-state index in [0.29, 0.717) is 11.6 Å². The van der Waals surface area contributed by atoms with Crippen LogP contribution in [0.5, 0.6) is 0 Å². The molecule has 2 aliphatic heterocycles. The van der Waals surface area contributed by atoms with Crippen LogP contribution >= 0.6 is 23.2 Å². The van der Waals surface area contributed by atoms with Crippen LogP contribution in [0.15, 0.2) is 47.5 Å². The Bertz CT molecular complexity index is 813. The van der Waals surface area contributed by atoms with Crippen LogP contribution in [0.25, 0.3) is 0 Å². The highest BCUT2D eigenvalue weighted by Crippen LogP contribution is 2.38. The van der Waals surface area contributed by atoms with Gasteiger partial charge >= 0.3 is 0 Å². The van der Waals surface area contributed by atoms with Crippen LogP contribution in [0.1, 0.15) is 18.4 Å². The molecule has 25 heavy (non-hydrogen) atoms. The van der Waals surface area contributed by atoms with E-state index in [2.05, 4.69) is 22.0 Å². The van der Waals surface area contributed by atoms with Gasteiger partial charge < -0.3 is 16.0 Å². The standard InChI is InChI=1S/C19H20Cl2N4/c20-14-3-1-2-13(10-14)12-23-18-19(6-8-22-9-7-19)25-16-5-4-15(21)11-17(16)24-18/h1-5,10-11,22,25H,6-9,12H2,(H,23,24). The van der Waals surface area contributed by atoms with Crippen molar-refractivity contribution in [2.45, 2.75) is 24.9 Å². The molecule has 0 saturated carbocycles. The van der Waals surface area contributed by atoms with Crippen LogP contribution in [0.2, 0.25) is 10.0 Å². The first-order valence-corrected chi connectivity index (χ1v) is 9.26. The molecule has 0 atom stereocenters. The number of benzene rings is 2. The van der Waals surface area contributed by atoms with Gasteiger partial charge in [-0.3, -0.25) is 0 Å². The molecule has 2 aromatic rings. The van der Waals surface area contributed by atoms with Gasteiger partial charge in [-0.2, -0.15) is 0 Å². The Morgan fingerprint density at radius 3 is 2.64 bits per heavy atom. The van der Waals surface area contributed by atoms with Crippen LogP contribution in [-0.4, -0.2) is 24.5 Å². The number of piperidine rings is 1. The van der Waals surface area contributed by atoms with E-state index in [9.17, 15) is 0 Å². The second-order valence-corrected chi connectivity index (χ2v) is 7.44. The maximum Gasteiger partial charge on any atom is 0.128 e. The van der Waals surface area contributed by atoms with E-state index in [-0.39, 0.29) is 5.54 Å². The minimum atomic E-state index is -0.162. The van der Waals surface area contributed by atoms with Crippen molar-refractivity contribution in [2.75, 3.05) is 18.4 Å². The largest absolute Gasteiger partial charge is 0.371 e. The van der Waals surface area contributed by atoms with Gasteiger partial charge in [0.25, 0.3) is 0 Å². The summed E-state index contributed by atoms with van der Waals surface area (Å²) in [6.07, 6.45) is 1.97. The number of anilines is 1. The fourth-order valence-electron chi connectivity index (χ4n) is 3.50. The quantitative estimate of drug-likeness (QED) is 0.731. The number of rotatable bonds is 2. The normalized spacial score (nSPS) is 18.2. The van der Waals surface area contributed by atoms with Crippen molar-refractivity contribution in [3.63, 3.8) is 0 Å². The minimum Gasteiger partial charge on any atom is -0.371 e. The topological polar surface area (TPSA) is 48.5 Å². The van der Waals surface area contributed by atoms with Gasteiger partial charge in [0, 0.05) is 16.6 Å². The highest BCUT2D eigenvalue weighted by molar-refractivity contribution is 6.31. The number of nitrogens with zero attached hydrogens (tertiary/aromatic N) is 1. The lowest BCUT2D eigenvalue weighted by atomic mass is 9.85. The van der Waals surface area contributed by atoms with E-state index in [1.165, 1.54) is 0 Å². The molecular formula is C19H20Cl2N4. The summed E-state index contributed by atoms with van der Waals surface area (Å²) in [5, 5.41) is 12.1. The molecule has 0 radical (unpaired) electrons. The minimum absolute atomic E-state index is 0.162. The maximum atomic E-state index is 6.15. The third-order valence-corrected chi connectivity index (χ3v) is 5.30. The molecule has 2 heterocycles. The molecule has 6 heteroatoms. The van der Waals surface area contributed by atoms with Gasteiger partial charge in [0.15, 0.2) is 0 Å². The molecule has 3 N–H and O–H groups in total. The predicted molar refractivity (Wildman–Crippen MR) is 105 cm³/mol. The lowest BCUT2D eigenvalue weighted by molar-refractivity contribution is 0.412. The monoisotopic (exact) mass is 374 g/mol. The number of nitrogens with one attached hydrogen (secondary N) is 3. The van der Waals surface area contributed by atoms with Crippen molar-refractivity contribution in [3.05, 3.63) is 58.1 Å². The van der Waals surface area contributed by atoms with Crippen molar-refractivity contribution in [3.8, 4) is 0 Å². The van der Waals surface area contributed by atoms with Crippen LogP contribution in [0.4, 0.5) is 11.4 Å². The van der Waals surface area contributed by atoms with E-state index in [1.807, 2.05) is 36.4 Å². The Labute approximate surface area is 157 Å². The Morgan fingerprint density at radius 1 is 1.04 bits per heavy atom. The van der Waals surface area contributed by atoms with Crippen LogP contribution < -0.4 is 16.0 Å². The van der Waals surface area contributed by atoms with Gasteiger partial charge in [-0.1, -0.05) is 35.3 Å². The molecule has 1 spiro atoms. The number of aliphatic imine (C=N–C) groups is 1. The third kappa shape index (κ3) is 3.47. The Morgan fingerprint density at radius 2 is 1.84 bits per heavy atom. The molecule has 4 nitrogen and oxygen atoms in total. The van der Waals surface area contributed by atoms with Crippen molar-refractivity contribution in [2.24, 2.45) is 4.99 Å². The first-order valence-electron chi connectivity index (χ1n) is 8.51. The molecule has 0 amide bonds. The molecule has 0 aliphatic carbocycles. The predicted octanol–water partition coefficient (Wildman–Crippen LogP) is 4.36. The Hall–Kier alpha value is -1.75. The number of hydrogen-bond acceptors (Lipinski definition) is 4. The highest BCUT2D eigenvalue weighted by atomic mass is 35.5. The molecule has 1 saturated heterocycles. The van der Waals surface area contributed by atoms with E-state index < -0.39 is 0 Å². The zero-order valence-electron chi connectivity index (χ0n) is 13.8. The maximum absolute atomic E-state index is 6.15. The summed E-state index contributed by atoms with van der Waals surface area (Å²) in [5.74, 6) is 0.976. The summed E-state index contributed by atoms with van der Waals surface area (Å²) in [7, 11) is 0. The lowest BCUT2D eigenvalue weighted by Gasteiger charge is -2.43. The Kier molecular flexibility index (Phi) is 4.59. The van der Waals surface area contributed by atoms with Crippen LogP contribution in [0.3, 0.4) is 0 Å². The van der Waals surface area contributed by atoms with Gasteiger partial charge in [-0.25, -0.2) is 4.99 Å². The van der Waals surface area contributed by atoms with E-state index >= 15 is 0 Å². The summed E-state index contributed by atoms with van der Waals surface area (Å²) in [4.78, 5) is 4.92. The number of fused-ring (bicyclic) bond motifs is 1. The SMILES string of the molecule is Clc1cccc(CNC2=Nc3cc(Cl)ccc3NC23CCNCC3)c1. The molecular weight excluding hydrogens is 355 g/mol. The number of amidine groups is 1. The molecule has 0 bridgehead atoms. The first-order chi connectivity index (χ1) is 12.1. The molecule has 4 rings (SSSR count). The highest BCUT2D eigenvalue weighted by Gasteiger charge is 2.40. The van der Waals surface area contributed by atoms with Gasteiger partial charge in [-0.15, -0.1) is 0 Å². The lowest BCUT2D eigenvalue weighted by Crippen LogP contribution is -2.58. The summed E-state index contributed by atoms with van der Waals surface area (Å²) in [6, 6.07) is 13.7. The summed E-state index contributed by atoms with van der Waals surface area (Å²) in [5.41, 5.74) is 2.89. The summed E-state index contributed by atoms with van der Waals surface area (Å²) < 4.78 is 0. The fourth-order valence-corrected chi connectivity index (χ4v) is 3.88. The van der Waals surface area contributed by atoms with Gasteiger partial charge in [0.2, 0.25) is 0 Å². The van der Waals surface area contributed by atoms with Crippen molar-refractivity contribution in [1.82, 2.24) is 10.6 Å². The van der Waals surface area contributed by atoms with Crippen molar-refractivity contribution >= 4 is 40.4 Å². The van der Waals surface area contributed by atoms with E-state index in [1.54, 1.807) is 0 Å². The molecule has 2 aromatic carbocycles. The third-order valence-electron chi connectivity index (χ3n) is 4.83. The van der Waals surface area contributed by atoms with Crippen LogP contribution in [0, 0.1) is 0 Å². The van der Waals surface area contributed by atoms with Gasteiger partial charge in [0.1, 0.15) is 5.84 Å². The first kappa shape index (κ1) is 16.7. The van der Waals surface area contributed by atoms with Gasteiger partial charge in [-0.05, 0) is 61.8 Å². The zero-order chi connectivity index (χ0) is 17.3. The van der Waals surface area contributed by atoms with Crippen LogP contribution in [-0.2, 0) is 6.54 Å². The van der Waals surface area contributed by atoms with Gasteiger partial charge in [0.05, 0.1) is 16.9 Å². The molecule has 0 aromatic heterocycles. The molecule has 130 valence electrons. The number of halogens is 2. The molecule has 2 aliphatic rings. The molecule has 0 unspecified atom stereocenters. The fraction of sp³-hybridized carbons (Fsp3) is 0.316. The van der Waals surface area contributed by atoms with E-state index in [4.69, 9.17) is 28.2 Å². The second kappa shape index (κ2) is 6.87. The summed E-state index contributed by atoms with van der Waals surface area (Å²) in [6.45, 7) is 2.62. The average Bonchev–Trinajstić information content (AvgIpc) is 2.61. The van der Waals surface area contributed by atoms with Crippen molar-refractivity contribution in [1.29, 1.82) is 0 Å². The second-order valence-electron chi connectivity index (χ2n) is 6.56. The van der Waals surface area contributed by atoms with Crippen molar-refractivity contribution < 1.29 is 0 Å². The smallest absolute Gasteiger partial charge is 0.128 e. The number of hydrogen-bond donors (Lipinski definition) is 3. The molecule has 1 fully saturated rings. The summed E-state index contributed by atoms with van der Waals surface area (Å²) >= 11 is 12.2. The van der Waals surface area contributed by atoms with E-state index in [0.717, 1.165) is 53.7 Å². The zero-order valence-corrected chi connectivity index (χ0v) is 15.3.